The molecule has 1 aromatic heterocycles. The van der Waals surface area contributed by atoms with E-state index < -0.39 is 13.7 Å². The van der Waals surface area contributed by atoms with E-state index in [0.29, 0.717) is 13.3 Å². The van der Waals surface area contributed by atoms with Crippen molar-refractivity contribution < 1.29 is 14.3 Å². The number of carbonyl (C=O) groups is 1. The van der Waals surface area contributed by atoms with Gasteiger partial charge in [-0.1, -0.05) is 35.6 Å². The van der Waals surface area contributed by atoms with E-state index in [1.807, 2.05) is 25.7 Å². The molecule has 6 nitrogen and oxygen atoms in total. The number of carbonyl (C=O) groups excluding carboxylic acids is 1. The number of nitrogens with zero attached hydrogens (tertiary/aromatic N) is 3. The number of hydrogen-bond acceptors (Lipinski definition) is 4. The summed E-state index contributed by atoms with van der Waals surface area (Å²) >= 11 is 3.63. The van der Waals surface area contributed by atoms with Crippen LogP contribution in [0.25, 0.3) is 11.0 Å². The van der Waals surface area contributed by atoms with E-state index >= 15 is 0 Å². The number of hydrogen-bond donors (Lipinski definition) is 0. The monoisotopic (exact) mass is 509 g/mol. The van der Waals surface area contributed by atoms with Crippen LogP contribution in [0.2, 0.25) is 25.7 Å². The third-order valence-electron chi connectivity index (χ3n) is 5.45. The number of halogens is 1. The number of aryl methyl sites for hydroxylation is 1. The van der Waals surface area contributed by atoms with Crippen LogP contribution in [0.5, 0.6) is 0 Å². The van der Waals surface area contributed by atoms with Crippen molar-refractivity contribution in [3.63, 3.8) is 0 Å². The lowest BCUT2D eigenvalue weighted by molar-refractivity contribution is 0.0205. The van der Waals surface area contributed by atoms with E-state index in [1.165, 1.54) is 0 Å². The van der Waals surface area contributed by atoms with Crippen LogP contribution in [-0.4, -0.2) is 47.4 Å². The average Bonchev–Trinajstić information content (AvgIpc) is 3.22. The second-order valence-electron chi connectivity index (χ2n) is 10.7. The summed E-state index contributed by atoms with van der Waals surface area (Å²) in [5.41, 5.74) is 2.58. The Morgan fingerprint density at radius 3 is 2.65 bits per heavy atom. The molecule has 3 rings (SSSR count). The highest BCUT2D eigenvalue weighted by molar-refractivity contribution is 9.10. The Kier molecular flexibility index (Phi) is 7.23. The minimum Gasteiger partial charge on any atom is -0.444 e. The standard InChI is InChI=1S/C23H36BrN3O3Si/c1-16-13-20-18(14-17(16)24)25-21(27(20)15-29-11-12-31(5,6)7)19-9-8-10-26(19)22(28)30-23(2,3)4/h13-14,19H,8-12,15H2,1-7H3. The quantitative estimate of drug-likeness (QED) is 0.329. The molecule has 31 heavy (non-hydrogen) atoms. The average molecular weight is 511 g/mol. The molecule has 1 unspecified atom stereocenters. The molecule has 0 radical (unpaired) electrons. The van der Waals surface area contributed by atoms with Gasteiger partial charge in [0.1, 0.15) is 18.2 Å². The smallest absolute Gasteiger partial charge is 0.410 e. The third-order valence-corrected chi connectivity index (χ3v) is 8.01. The first-order valence-electron chi connectivity index (χ1n) is 11.1. The maximum absolute atomic E-state index is 12.9. The summed E-state index contributed by atoms with van der Waals surface area (Å²) in [7, 11) is -1.16. The zero-order valence-electron chi connectivity index (χ0n) is 19.9. The molecular weight excluding hydrogens is 474 g/mol. The van der Waals surface area contributed by atoms with Gasteiger partial charge < -0.3 is 14.0 Å². The number of likely N-dealkylation sites (tertiary alicyclic amines) is 1. The largest absolute Gasteiger partial charge is 0.444 e. The Balaban J connectivity index is 1.93. The number of fused-ring (bicyclic) bond motifs is 1. The number of rotatable bonds is 6. The van der Waals surface area contributed by atoms with Crippen LogP contribution in [0.15, 0.2) is 16.6 Å². The van der Waals surface area contributed by atoms with Gasteiger partial charge >= 0.3 is 6.09 Å². The van der Waals surface area contributed by atoms with Gasteiger partial charge in [-0.05, 0) is 64.3 Å². The van der Waals surface area contributed by atoms with Gasteiger partial charge in [0.2, 0.25) is 0 Å². The van der Waals surface area contributed by atoms with Gasteiger partial charge in [-0.15, -0.1) is 0 Å². The minimum absolute atomic E-state index is 0.109. The molecule has 0 aliphatic carbocycles. The van der Waals surface area contributed by atoms with Crippen LogP contribution in [0.1, 0.15) is 51.0 Å². The van der Waals surface area contributed by atoms with Crippen molar-refractivity contribution in [1.29, 1.82) is 0 Å². The number of benzene rings is 1. The van der Waals surface area contributed by atoms with Crippen LogP contribution in [0.4, 0.5) is 4.79 Å². The topological polar surface area (TPSA) is 56.6 Å². The summed E-state index contributed by atoms with van der Waals surface area (Å²) in [6.45, 7) is 16.7. The highest BCUT2D eigenvalue weighted by Crippen LogP contribution is 2.35. The van der Waals surface area contributed by atoms with E-state index in [9.17, 15) is 4.79 Å². The van der Waals surface area contributed by atoms with E-state index in [4.69, 9.17) is 14.5 Å². The lowest BCUT2D eigenvalue weighted by atomic mass is 10.2. The summed E-state index contributed by atoms with van der Waals surface area (Å²) in [4.78, 5) is 19.7. The van der Waals surface area contributed by atoms with E-state index in [-0.39, 0.29) is 12.1 Å². The number of aromatic nitrogens is 2. The number of imidazole rings is 1. The summed E-state index contributed by atoms with van der Waals surface area (Å²) in [5.74, 6) is 0.879. The van der Waals surface area contributed by atoms with Crippen LogP contribution in [0, 0.1) is 6.92 Å². The fourth-order valence-electron chi connectivity index (χ4n) is 3.77. The first-order valence-corrected chi connectivity index (χ1v) is 15.6. The highest BCUT2D eigenvalue weighted by atomic mass is 79.9. The van der Waals surface area contributed by atoms with E-state index in [0.717, 1.165) is 52.4 Å². The lowest BCUT2D eigenvalue weighted by Gasteiger charge is -2.28. The van der Waals surface area contributed by atoms with Crippen molar-refractivity contribution in [1.82, 2.24) is 14.5 Å². The molecule has 1 amide bonds. The molecule has 1 aliphatic rings. The molecule has 2 aromatic rings. The van der Waals surface area contributed by atoms with Gasteiger partial charge in [0.25, 0.3) is 0 Å². The molecule has 1 saturated heterocycles. The SMILES string of the molecule is Cc1cc2c(cc1Br)nc(C1CCCN1C(=O)OC(C)(C)C)n2COCC[Si](C)(C)C. The zero-order valence-corrected chi connectivity index (χ0v) is 22.5. The van der Waals surface area contributed by atoms with Crippen LogP contribution in [-0.2, 0) is 16.2 Å². The second-order valence-corrected chi connectivity index (χ2v) is 17.1. The molecule has 0 saturated carbocycles. The Labute approximate surface area is 195 Å². The van der Waals surface area contributed by atoms with Gasteiger partial charge in [0.15, 0.2) is 0 Å². The molecule has 0 spiro atoms. The Bertz CT molecular complexity index is 946. The molecule has 0 bridgehead atoms. The molecular formula is C23H36BrN3O3Si. The minimum atomic E-state index is -1.16. The molecule has 1 atom stereocenters. The van der Waals surface area contributed by atoms with Crippen LogP contribution in [0.3, 0.4) is 0 Å². The number of ether oxygens (including phenoxy) is 2. The maximum Gasteiger partial charge on any atom is 0.410 e. The Hall–Kier alpha value is -1.38. The van der Waals surface area contributed by atoms with E-state index in [2.05, 4.69) is 59.2 Å². The molecule has 8 heteroatoms. The first-order chi connectivity index (χ1) is 14.4. The Morgan fingerprint density at radius 1 is 1.29 bits per heavy atom. The predicted octanol–water partition coefficient (Wildman–Crippen LogP) is 6.49. The van der Waals surface area contributed by atoms with E-state index in [1.54, 1.807) is 0 Å². The molecule has 0 N–H and O–H groups in total. The van der Waals surface area contributed by atoms with Gasteiger partial charge in [-0.2, -0.15) is 0 Å². The summed E-state index contributed by atoms with van der Waals surface area (Å²) < 4.78 is 15.0. The normalized spacial score (nSPS) is 17.5. The first kappa shape index (κ1) is 24.3. The van der Waals surface area contributed by atoms with Crippen molar-refractivity contribution in [3.05, 3.63) is 28.0 Å². The summed E-state index contributed by atoms with van der Waals surface area (Å²) in [6, 6.07) is 5.21. The molecule has 1 fully saturated rings. The third kappa shape index (κ3) is 6.11. The molecule has 1 aliphatic heterocycles. The fraction of sp³-hybridized carbons (Fsp3) is 0.652. The molecule has 1 aromatic carbocycles. The second kappa shape index (κ2) is 9.23. The highest BCUT2D eigenvalue weighted by Gasteiger charge is 2.36. The van der Waals surface area contributed by atoms with Crippen molar-refractivity contribution in [2.24, 2.45) is 0 Å². The Morgan fingerprint density at radius 2 is 2.00 bits per heavy atom. The van der Waals surface area contributed by atoms with Crippen molar-refractivity contribution in [2.75, 3.05) is 13.2 Å². The predicted molar refractivity (Wildman–Crippen MR) is 131 cm³/mol. The summed E-state index contributed by atoms with van der Waals surface area (Å²) in [5, 5.41) is 0. The van der Waals surface area contributed by atoms with Crippen molar-refractivity contribution in [3.8, 4) is 0 Å². The molecule has 172 valence electrons. The van der Waals surface area contributed by atoms with Crippen molar-refractivity contribution in [2.45, 2.75) is 84.6 Å². The van der Waals surface area contributed by atoms with Crippen LogP contribution >= 0.6 is 15.9 Å². The van der Waals surface area contributed by atoms with Crippen molar-refractivity contribution >= 4 is 41.1 Å². The number of amides is 1. The molecule has 2 heterocycles. The van der Waals surface area contributed by atoms with Gasteiger partial charge in [0.05, 0.1) is 17.1 Å². The summed E-state index contributed by atoms with van der Waals surface area (Å²) in [6.07, 6.45) is 1.54. The van der Waals surface area contributed by atoms with Gasteiger partial charge in [0, 0.05) is 25.7 Å². The zero-order chi connectivity index (χ0) is 23.0. The lowest BCUT2D eigenvalue weighted by Crippen LogP contribution is -2.37. The maximum atomic E-state index is 12.9. The van der Waals surface area contributed by atoms with Gasteiger partial charge in [-0.3, -0.25) is 4.90 Å². The van der Waals surface area contributed by atoms with Crippen LogP contribution < -0.4 is 0 Å². The van der Waals surface area contributed by atoms with Gasteiger partial charge in [-0.25, -0.2) is 9.78 Å². The fourth-order valence-corrected chi connectivity index (χ4v) is 4.86.